The molecule has 2 N–H and O–H groups in total. The molecule has 0 unspecified atom stereocenters. The lowest BCUT2D eigenvalue weighted by atomic mass is 10.2. The molecule has 0 spiro atoms. The number of halogens is 1. The zero-order chi connectivity index (χ0) is 19.8. The molecule has 6 nitrogen and oxygen atoms in total. The highest BCUT2D eigenvalue weighted by molar-refractivity contribution is 9.10. The first-order chi connectivity index (χ1) is 12.9. The molecule has 0 bridgehead atoms. The maximum atomic E-state index is 11.9. The number of hydrogen-bond donors (Lipinski definition) is 2. The number of phenolic OH excluding ortho intramolecular Hbond substituents is 1. The number of rotatable bonds is 8. The zero-order valence-electron chi connectivity index (χ0n) is 15.7. The van der Waals surface area contributed by atoms with Crippen LogP contribution in [0, 0.1) is 6.92 Å². The van der Waals surface area contributed by atoms with E-state index >= 15 is 0 Å². The van der Waals surface area contributed by atoms with Crippen LogP contribution >= 0.6 is 15.9 Å². The average molecular weight is 434 g/mol. The third-order valence-corrected chi connectivity index (χ3v) is 4.52. The molecule has 2 rings (SSSR count). The largest absolute Gasteiger partial charge is 0.507 e. The Morgan fingerprint density at radius 2 is 2.00 bits per heavy atom. The summed E-state index contributed by atoms with van der Waals surface area (Å²) in [6.07, 6.45) is 1.41. The number of carbonyl (C=O) groups is 1. The number of phenols is 1. The standard InChI is InChI=1S/C20H24BrN3O3/c1-4-24(5-2)17-8-6-15(18(25)11-17)12-22-23-20(26)13-27-19-9-7-16(21)10-14(19)3/h6-12,25H,4-5,13H2,1-3H3,(H,23,26). The van der Waals surface area contributed by atoms with Crippen molar-refractivity contribution in [1.82, 2.24) is 5.43 Å². The molecule has 0 saturated heterocycles. The minimum atomic E-state index is -0.382. The van der Waals surface area contributed by atoms with Crippen molar-refractivity contribution < 1.29 is 14.6 Å². The van der Waals surface area contributed by atoms with Gasteiger partial charge in [-0.2, -0.15) is 5.10 Å². The summed E-state index contributed by atoms with van der Waals surface area (Å²) in [5.74, 6) is 0.369. The normalized spacial score (nSPS) is 10.8. The molecule has 0 aromatic heterocycles. The van der Waals surface area contributed by atoms with Crippen LogP contribution in [-0.4, -0.2) is 36.9 Å². The Hall–Kier alpha value is -2.54. The molecule has 0 heterocycles. The molecule has 0 aliphatic carbocycles. The first-order valence-corrected chi connectivity index (χ1v) is 9.52. The quantitative estimate of drug-likeness (QED) is 0.489. The Balaban J connectivity index is 1.90. The van der Waals surface area contributed by atoms with Gasteiger partial charge >= 0.3 is 0 Å². The number of benzene rings is 2. The van der Waals surface area contributed by atoms with Gasteiger partial charge in [-0.05, 0) is 56.7 Å². The number of nitrogens with one attached hydrogen (secondary N) is 1. The minimum absolute atomic E-state index is 0.110. The topological polar surface area (TPSA) is 74.2 Å². The molecular weight excluding hydrogens is 410 g/mol. The summed E-state index contributed by atoms with van der Waals surface area (Å²) in [7, 11) is 0. The van der Waals surface area contributed by atoms with E-state index in [2.05, 4.69) is 45.2 Å². The highest BCUT2D eigenvalue weighted by atomic mass is 79.9. The summed E-state index contributed by atoms with van der Waals surface area (Å²) < 4.78 is 6.44. The van der Waals surface area contributed by atoms with Crippen LogP contribution in [0.4, 0.5) is 5.69 Å². The van der Waals surface area contributed by atoms with Crippen LogP contribution in [0.1, 0.15) is 25.0 Å². The summed E-state index contributed by atoms with van der Waals surface area (Å²) in [5, 5.41) is 14.0. The molecular formula is C20H24BrN3O3. The first kappa shape index (κ1) is 20.8. The molecule has 2 aromatic carbocycles. The van der Waals surface area contributed by atoms with Crippen molar-refractivity contribution in [3.63, 3.8) is 0 Å². The molecule has 0 saturated carbocycles. The molecule has 0 atom stereocenters. The van der Waals surface area contributed by atoms with Crippen LogP contribution in [0.2, 0.25) is 0 Å². The molecule has 27 heavy (non-hydrogen) atoms. The molecule has 0 fully saturated rings. The van der Waals surface area contributed by atoms with Gasteiger partial charge in [0.1, 0.15) is 11.5 Å². The van der Waals surface area contributed by atoms with Crippen LogP contribution < -0.4 is 15.1 Å². The van der Waals surface area contributed by atoms with E-state index < -0.39 is 0 Å². The molecule has 2 aromatic rings. The third-order valence-electron chi connectivity index (χ3n) is 4.03. The summed E-state index contributed by atoms with van der Waals surface area (Å²) in [6, 6.07) is 10.9. The van der Waals surface area contributed by atoms with E-state index in [1.54, 1.807) is 18.2 Å². The van der Waals surface area contributed by atoms with E-state index in [0.717, 1.165) is 28.8 Å². The van der Waals surface area contributed by atoms with Crippen molar-refractivity contribution in [1.29, 1.82) is 0 Å². The van der Waals surface area contributed by atoms with E-state index in [-0.39, 0.29) is 18.3 Å². The fourth-order valence-corrected chi connectivity index (χ4v) is 3.03. The Labute approximate surface area is 168 Å². The van der Waals surface area contributed by atoms with Crippen LogP contribution in [0.15, 0.2) is 46.0 Å². The van der Waals surface area contributed by atoms with Crippen molar-refractivity contribution >= 4 is 33.7 Å². The second-order valence-electron chi connectivity index (χ2n) is 5.91. The van der Waals surface area contributed by atoms with E-state index in [9.17, 15) is 9.90 Å². The molecule has 7 heteroatoms. The van der Waals surface area contributed by atoms with Crippen LogP contribution in [0.5, 0.6) is 11.5 Å². The minimum Gasteiger partial charge on any atom is -0.507 e. The highest BCUT2D eigenvalue weighted by Gasteiger charge is 2.07. The fraction of sp³-hybridized carbons (Fsp3) is 0.300. The number of nitrogens with zero attached hydrogens (tertiary/aromatic N) is 2. The Morgan fingerprint density at radius 3 is 2.63 bits per heavy atom. The van der Waals surface area contributed by atoms with Gasteiger partial charge in [0.15, 0.2) is 6.61 Å². The van der Waals surface area contributed by atoms with Crippen molar-refractivity contribution in [2.75, 3.05) is 24.6 Å². The van der Waals surface area contributed by atoms with E-state index in [1.807, 2.05) is 25.1 Å². The van der Waals surface area contributed by atoms with Crippen molar-refractivity contribution in [3.8, 4) is 11.5 Å². The maximum Gasteiger partial charge on any atom is 0.277 e. The SMILES string of the molecule is CCN(CC)c1ccc(C=NNC(=O)COc2ccc(Br)cc2C)c(O)c1. The van der Waals surface area contributed by atoms with Crippen LogP contribution in [-0.2, 0) is 4.79 Å². The zero-order valence-corrected chi connectivity index (χ0v) is 17.3. The fourth-order valence-electron chi connectivity index (χ4n) is 2.55. The van der Waals surface area contributed by atoms with Crippen molar-refractivity contribution in [2.24, 2.45) is 5.10 Å². The summed E-state index contributed by atoms with van der Waals surface area (Å²) in [5.41, 5.74) is 4.79. The summed E-state index contributed by atoms with van der Waals surface area (Å²) >= 11 is 3.38. The lowest BCUT2D eigenvalue weighted by Crippen LogP contribution is -2.24. The number of carbonyl (C=O) groups excluding carboxylic acids is 1. The van der Waals surface area contributed by atoms with Crippen LogP contribution in [0.3, 0.4) is 0 Å². The highest BCUT2D eigenvalue weighted by Crippen LogP contribution is 2.24. The van der Waals surface area contributed by atoms with Crippen molar-refractivity contribution in [2.45, 2.75) is 20.8 Å². The lowest BCUT2D eigenvalue weighted by Gasteiger charge is -2.21. The number of ether oxygens (including phenoxy) is 1. The Morgan fingerprint density at radius 1 is 1.26 bits per heavy atom. The predicted molar refractivity (Wildman–Crippen MR) is 112 cm³/mol. The number of aromatic hydroxyl groups is 1. The molecule has 0 radical (unpaired) electrons. The maximum absolute atomic E-state index is 11.9. The van der Waals surface area contributed by atoms with Crippen LogP contribution in [0.25, 0.3) is 0 Å². The van der Waals surface area contributed by atoms with Crippen molar-refractivity contribution in [3.05, 3.63) is 52.0 Å². The molecule has 1 amide bonds. The second kappa shape index (κ2) is 9.97. The third kappa shape index (κ3) is 5.99. The molecule has 0 aliphatic rings. The predicted octanol–water partition coefficient (Wildman–Crippen LogP) is 3.84. The van der Waals surface area contributed by atoms with Gasteiger partial charge < -0.3 is 14.7 Å². The smallest absolute Gasteiger partial charge is 0.277 e. The number of hydrogen-bond acceptors (Lipinski definition) is 5. The second-order valence-corrected chi connectivity index (χ2v) is 6.82. The van der Waals surface area contributed by atoms with E-state index in [0.29, 0.717) is 11.3 Å². The number of aryl methyl sites for hydroxylation is 1. The van der Waals surface area contributed by atoms with E-state index in [1.165, 1.54) is 6.21 Å². The van der Waals surface area contributed by atoms with Gasteiger partial charge in [-0.15, -0.1) is 0 Å². The lowest BCUT2D eigenvalue weighted by molar-refractivity contribution is -0.123. The van der Waals surface area contributed by atoms with Gasteiger partial charge in [0.2, 0.25) is 0 Å². The van der Waals surface area contributed by atoms with E-state index in [4.69, 9.17) is 4.74 Å². The van der Waals surface area contributed by atoms with Gasteiger partial charge in [-0.1, -0.05) is 15.9 Å². The van der Waals surface area contributed by atoms with Gasteiger partial charge in [0, 0.05) is 34.9 Å². The Bertz CT molecular complexity index is 820. The van der Waals surface area contributed by atoms with Gasteiger partial charge in [-0.25, -0.2) is 5.43 Å². The monoisotopic (exact) mass is 433 g/mol. The summed E-state index contributed by atoms with van der Waals surface area (Å²) in [4.78, 5) is 14.0. The number of hydrazone groups is 1. The summed E-state index contributed by atoms with van der Waals surface area (Å²) in [6.45, 7) is 7.59. The number of anilines is 1. The first-order valence-electron chi connectivity index (χ1n) is 8.73. The molecule has 144 valence electrons. The van der Waals surface area contributed by atoms with Gasteiger partial charge in [0.05, 0.1) is 6.21 Å². The molecule has 0 aliphatic heterocycles. The van der Waals surface area contributed by atoms with Gasteiger partial charge in [0.25, 0.3) is 5.91 Å². The van der Waals surface area contributed by atoms with Gasteiger partial charge in [-0.3, -0.25) is 4.79 Å². The Kier molecular flexibility index (Phi) is 7.67. The number of amides is 1. The average Bonchev–Trinajstić information content (AvgIpc) is 2.63.